The van der Waals surface area contributed by atoms with Crippen LogP contribution in [0.15, 0.2) is 23.8 Å². The number of hydrogen-bond acceptors (Lipinski definition) is 0. The van der Waals surface area contributed by atoms with Crippen molar-refractivity contribution < 1.29 is 0 Å². The first-order valence-electron chi connectivity index (χ1n) is 11.2. The van der Waals surface area contributed by atoms with Gasteiger partial charge in [0.05, 0.1) is 0 Å². The van der Waals surface area contributed by atoms with Gasteiger partial charge in [0, 0.05) is 0 Å². The van der Waals surface area contributed by atoms with E-state index in [1.165, 1.54) is 56.9 Å². The van der Waals surface area contributed by atoms with E-state index in [1.807, 2.05) is 0 Å². The molecule has 0 spiro atoms. The zero-order chi connectivity index (χ0) is 18.8. The van der Waals surface area contributed by atoms with E-state index in [0.29, 0.717) is 0 Å². The van der Waals surface area contributed by atoms with Gasteiger partial charge < -0.3 is 0 Å². The second-order valence-electron chi connectivity index (χ2n) is 9.36. The van der Waals surface area contributed by atoms with E-state index in [9.17, 15) is 0 Å². The molecule has 146 valence electrons. The summed E-state index contributed by atoms with van der Waals surface area (Å²) in [6, 6.07) is 0. The van der Waals surface area contributed by atoms with E-state index in [4.69, 9.17) is 0 Å². The average molecular weight is 347 g/mol. The second-order valence-corrected chi connectivity index (χ2v) is 9.36. The van der Waals surface area contributed by atoms with Crippen molar-refractivity contribution in [3.63, 3.8) is 0 Å². The van der Waals surface area contributed by atoms with Gasteiger partial charge in [-0.15, -0.1) is 0 Å². The van der Waals surface area contributed by atoms with E-state index >= 15 is 0 Å². The van der Waals surface area contributed by atoms with Crippen molar-refractivity contribution in [1.82, 2.24) is 0 Å². The van der Waals surface area contributed by atoms with Crippen LogP contribution in [-0.4, -0.2) is 0 Å². The van der Waals surface area contributed by atoms with Gasteiger partial charge in [-0.3, -0.25) is 0 Å². The maximum Gasteiger partial charge on any atom is -0.0230 e. The van der Waals surface area contributed by atoms with Crippen LogP contribution in [-0.2, 0) is 0 Å². The number of hydrogen-bond donors (Lipinski definition) is 0. The molecule has 0 aliphatic heterocycles. The third kappa shape index (κ3) is 9.66. The molecule has 0 aromatic heterocycles. The third-order valence-electron chi connectivity index (χ3n) is 6.72. The SMILES string of the molecule is CC=C(C=CC(C)C1CC1)CCCC(C)C(C)CC(C)CC(C)CC. The molecule has 0 nitrogen and oxygen atoms in total. The fourth-order valence-electron chi connectivity index (χ4n) is 4.11. The maximum absolute atomic E-state index is 2.48. The summed E-state index contributed by atoms with van der Waals surface area (Å²) in [5.74, 6) is 5.24. The molecule has 1 fully saturated rings. The molecule has 0 bridgehead atoms. The minimum atomic E-state index is 0.779. The van der Waals surface area contributed by atoms with Gasteiger partial charge in [0.1, 0.15) is 0 Å². The Morgan fingerprint density at radius 3 is 2.20 bits per heavy atom. The Labute approximate surface area is 159 Å². The molecule has 25 heavy (non-hydrogen) atoms. The molecule has 0 saturated heterocycles. The first kappa shape index (κ1) is 22.5. The van der Waals surface area contributed by atoms with Crippen molar-refractivity contribution in [1.29, 1.82) is 0 Å². The summed E-state index contributed by atoms with van der Waals surface area (Å²) in [7, 11) is 0. The zero-order valence-corrected chi connectivity index (χ0v) is 18.4. The summed E-state index contributed by atoms with van der Waals surface area (Å²) in [5.41, 5.74) is 1.54. The Hall–Kier alpha value is -0.520. The molecule has 0 heterocycles. The zero-order valence-electron chi connectivity index (χ0n) is 18.4. The van der Waals surface area contributed by atoms with Crippen LogP contribution in [0.4, 0.5) is 0 Å². The minimum Gasteiger partial charge on any atom is -0.0845 e. The lowest BCUT2D eigenvalue weighted by atomic mass is 9.81. The van der Waals surface area contributed by atoms with Crippen molar-refractivity contribution in [2.45, 2.75) is 99.8 Å². The molecule has 0 radical (unpaired) electrons. The number of rotatable bonds is 13. The largest absolute Gasteiger partial charge is 0.0845 e. The van der Waals surface area contributed by atoms with Crippen molar-refractivity contribution in [2.24, 2.45) is 35.5 Å². The van der Waals surface area contributed by atoms with Crippen LogP contribution < -0.4 is 0 Å². The maximum atomic E-state index is 2.48. The monoisotopic (exact) mass is 346 g/mol. The van der Waals surface area contributed by atoms with Crippen LogP contribution in [0.3, 0.4) is 0 Å². The topological polar surface area (TPSA) is 0 Å². The van der Waals surface area contributed by atoms with Gasteiger partial charge in [0.25, 0.3) is 0 Å². The highest BCUT2D eigenvalue weighted by molar-refractivity contribution is 5.18. The third-order valence-corrected chi connectivity index (χ3v) is 6.72. The van der Waals surface area contributed by atoms with Crippen LogP contribution >= 0.6 is 0 Å². The lowest BCUT2D eigenvalue weighted by Gasteiger charge is -2.25. The fraction of sp³-hybridized carbons (Fsp3) is 0.840. The van der Waals surface area contributed by atoms with Gasteiger partial charge in [-0.2, -0.15) is 0 Å². The van der Waals surface area contributed by atoms with Gasteiger partial charge in [-0.05, 0) is 81.0 Å². The normalized spacial score (nSPS) is 22.0. The van der Waals surface area contributed by atoms with E-state index in [1.54, 1.807) is 0 Å². The molecule has 1 saturated carbocycles. The van der Waals surface area contributed by atoms with E-state index in [2.05, 4.69) is 66.7 Å². The van der Waals surface area contributed by atoms with E-state index in [-0.39, 0.29) is 0 Å². The van der Waals surface area contributed by atoms with Gasteiger partial charge in [-0.1, -0.05) is 78.2 Å². The molecule has 1 aliphatic carbocycles. The summed E-state index contributed by atoms with van der Waals surface area (Å²) < 4.78 is 0. The highest BCUT2D eigenvalue weighted by Crippen LogP contribution is 2.37. The second kappa shape index (κ2) is 12.0. The van der Waals surface area contributed by atoms with Crippen LogP contribution in [0.25, 0.3) is 0 Å². The molecule has 1 rings (SSSR count). The highest BCUT2D eigenvalue weighted by Gasteiger charge is 2.25. The Bertz CT molecular complexity index is 398. The summed E-state index contributed by atoms with van der Waals surface area (Å²) in [6.07, 6.45) is 18.2. The number of allylic oxidation sites excluding steroid dienone is 4. The van der Waals surface area contributed by atoms with Gasteiger partial charge >= 0.3 is 0 Å². The quantitative estimate of drug-likeness (QED) is 0.293. The van der Waals surface area contributed by atoms with Crippen LogP contribution in [0.5, 0.6) is 0 Å². The molecule has 0 aromatic carbocycles. The molecular formula is C25H46. The smallest absolute Gasteiger partial charge is 0.0230 e. The average Bonchev–Trinajstić information content (AvgIpc) is 3.41. The Balaban J connectivity index is 2.25. The van der Waals surface area contributed by atoms with Gasteiger partial charge in [0.2, 0.25) is 0 Å². The molecule has 5 atom stereocenters. The molecule has 0 aromatic rings. The molecular weight excluding hydrogens is 300 g/mol. The predicted molar refractivity (Wildman–Crippen MR) is 115 cm³/mol. The van der Waals surface area contributed by atoms with Gasteiger partial charge in [-0.25, -0.2) is 0 Å². The minimum absolute atomic E-state index is 0.779. The standard InChI is InChI=1S/C25H46/c1-8-19(3)17-20(4)18-23(7)21(5)11-10-12-24(9-2)14-13-22(6)25-15-16-25/h9,13-14,19-23,25H,8,10-12,15-18H2,1-7H3. The summed E-state index contributed by atoms with van der Waals surface area (Å²) >= 11 is 0. The predicted octanol–water partition coefficient (Wildman–Crippen LogP) is 8.44. The molecule has 0 N–H and O–H groups in total. The summed E-state index contributed by atoms with van der Waals surface area (Å²) in [6.45, 7) is 16.7. The van der Waals surface area contributed by atoms with E-state index < -0.39 is 0 Å². The Morgan fingerprint density at radius 2 is 1.64 bits per heavy atom. The van der Waals surface area contributed by atoms with Crippen molar-refractivity contribution in [3.05, 3.63) is 23.8 Å². The van der Waals surface area contributed by atoms with Crippen LogP contribution in [0, 0.1) is 35.5 Å². The van der Waals surface area contributed by atoms with Crippen LogP contribution in [0.2, 0.25) is 0 Å². The first-order chi connectivity index (χ1) is 11.9. The van der Waals surface area contributed by atoms with Crippen molar-refractivity contribution in [2.75, 3.05) is 0 Å². The molecule has 0 heteroatoms. The van der Waals surface area contributed by atoms with Crippen molar-refractivity contribution in [3.8, 4) is 0 Å². The van der Waals surface area contributed by atoms with Crippen molar-refractivity contribution >= 4 is 0 Å². The molecule has 0 amide bonds. The summed E-state index contributed by atoms with van der Waals surface area (Å²) in [5, 5.41) is 0. The lowest BCUT2D eigenvalue weighted by molar-refractivity contribution is 0.269. The highest BCUT2D eigenvalue weighted by atomic mass is 14.3. The summed E-state index contributed by atoms with van der Waals surface area (Å²) in [4.78, 5) is 0. The fourth-order valence-corrected chi connectivity index (χ4v) is 4.11. The first-order valence-corrected chi connectivity index (χ1v) is 11.2. The Kier molecular flexibility index (Phi) is 10.8. The Morgan fingerprint density at radius 1 is 0.960 bits per heavy atom. The molecule has 1 aliphatic rings. The molecule has 5 unspecified atom stereocenters. The van der Waals surface area contributed by atoms with E-state index in [0.717, 1.165) is 35.5 Å². The van der Waals surface area contributed by atoms with Crippen LogP contribution in [0.1, 0.15) is 99.8 Å². The lowest BCUT2D eigenvalue weighted by Crippen LogP contribution is -2.13. The van der Waals surface area contributed by atoms with Gasteiger partial charge in [0.15, 0.2) is 0 Å².